The second-order valence-corrected chi connectivity index (χ2v) is 6.65. The lowest BCUT2D eigenvalue weighted by Crippen LogP contribution is -2.52. The Kier molecular flexibility index (Phi) is 7.19. The molecule has 0 aromatic heterocycles. The summed E-state index contributed by atoms with van der Waals surface area (Å²) in [5.41, 5.74) is 0. The van der Waals surface area contributed by atoms with Crippen LogP contribution in [0.1, 0.15) is 39.5 Å². The van der Waals surface area contributed by atoms with E-state index in [0.717, 1.165) is 12.8 Å². The smallest absolute Gasteiger partial charge is 0.326 e. The predicted molar refractivity (Wildman–Crippen MR) is 82.1 cm³/mol. The summed E-state index contributed by atoms with van der Waals surface area (Å²) in [6, 6.07) is -1.02. The van der Waals surface area contributed by atoms with Gasteiger partial charge in [-0.1, -0.05) is 26.7 Å². The zero-order valence-electron chi connectivity index (χ0n) is 12.5. The van der Waals surface area contributed by atoms with Gasteiger partial charge in [-0.2, -0.15) is 11.8 Å². The van der Waals surface area contributed by atoms with Crippen LogP contribution < -0.4 is 10.6 Å². The van der Waals surface area contributed by atoms with Crippen molar-refractivity contribution < 1.29 is 14.7 Å². The van der Waals surface area contributed by atoms with Gasteiger partial charge in [0.25, 0.3) is 0 Å². The summed E-state index contributed by atoms with van der Waals surface area (Å²) >= 11 is 1.58. The lowest BCUT2D eigenvalue weighted by molar-refractivity contribution is -0.139. The van der Waals surface area contributed by atoms with Crippen molar-refractivity contribution in [1.29, 1.82) is 0 Å². The summed E-state index contributed by atoms with van der Waals surface area (Å²) in [7, 11) is 0. The fraction of sp³-hybridized carbons (Fsp3) is 0.857. The molecule has 3 N–H and O–H groups in total. The first kappa shape index (κ1) is 17.1. The van der Waals surface area contributed by atoms with E-state index in [1.165, 1.54) is 6.42 Å². The number of aliphatic carboxylic acids is 1. The van der Waals surface area contributed by atoms with Crippen molar-refractivity contribution in [1.82, 2.24) is 10.6 Å². The number of carboxylic acid groups (broad SMARTS) is 1. The van der Waals surface area contributed by atoms with Gasteiger partial charge < -0.3 is 15.7 Å². The van der Waals surface area contributed by atoms with Crippen molar-refractivity contribution in [3.05, 3.63) is 0 Å². The van der Waals surface area contributed by atoms with Crippen LogP contribution in [-0.2, 0) is 4.79 Å². The second-order valence-electron chi connectivity index (χ2n) is 5.66. The molecule has 2 amide bonds. The van der Waals surface area contributed by atoms with Gasteiger partial charge in [-0.05, 0) is 36.7 Å². The largest absolute Gasteiger partial charge is 0.480 e. The van der Waals surface area contributed by atoms with Gasteiger partial charge in [0.1, 0.15) is 6.04 Å². The molecule has 5 nitrogen and oxygen atoms in total. The maximum Gasteiger partial charge on any atom is 0.326 e. The van der Waals surface area contributed by atoms with Gasteiger partial charge in [-0.25, -0.2) is 9.59 Å². The summed E-state index contributed by atoms with van der Waals surface area (Å²) in [5, 5.41) is 14.6. The number of hydrogen-bond acceptors (Lipinski definition) is 3. The van der Waals surface area contributed by atoms with Gasteiger partial charge in [0.05, 0.1) is 0 Å². The summed E-state index contributed by atoms with van der Waals surface area (Å²) in [5.74, 6) is 0.776. The molecule has 1 fully saturated rings. The molecule has 0 bridgehead atoms. The van der Waals surface area contributed by atoms with E-state index in [4.69, 9.17) is 5.11 Å². The Labute approximate surface area is 125 Å². The average molecular weight is 302 g/mol. The third kappa shape index (κ3) is 5.23. The van der Waals surface area contributed by atoms with Gasteiger partial charge in [0.2, 0.25) is 0 Å². The quantitative estimate of drug-likeness (QED) is 0.703. The molecule has 1 aliphatic rings. The number of carbonyl (C=O) groups excluding carboxylic acids is 1. The molecule has 1 rings (SSSR count). The standard InChI is InChI=1S/C14H26N2O3S/c1-9-5-4-6-11(10(9)2)15-14(19)16-12(13(17)18)7-8-20-3/h9-12H,4-8H2,1-3H3,(H,17,18)(H2,15,16,19)/t9?,10?,11?,12-/m0/s1. The van der Waals surface area contributed by atoms with E-state index >= 15 is 0 Å². The van der Waals surface area contributed by atoms with Crippen LogP contribution in [0.5, 0.6) is 0 Å². The van der Waals surface area contributed by atoms with E-state index in [2.05, 4.69) is 24.5 Å². The molecule has 0 aromatic rings. The number of amides is 2. The summed E-state index contributed by atoms with van der Waals surface area (Å²) < 4.78 is 0. The number of carboxylic acids is 1. The van der Waals surface area contributed by atoms with Crippen LogP contribution in [0.2, 0.25) is 0 Å². The molecule has 0 aliphatic heterocycles. The molecule has 6 heteroatoms. The molecule has 4 atom stereocenters. The maximum atomic E-state index is 11.9. The molecule has 116 valence electrons. The van der Waals surface area contributed by atoms with Gasteiger partial charge in [0, 0.05) is 6.04 Å². The summed E-state index contributed by atoms with van der Waals surface area (Å²) in [6.07, 6.45) is 5.66. The highest BCUT2D eigenvalue weighted by molar-refractivity contribution is 7.98. The van der Waals surface area contributed by atoms with Crippen LogP contribution in [-0.4, -0.2) is 41.2 Å². The fourth-order valence-corrected chi connectivity index (χ4v) is 3.12. The monoisotopic (exact) mass is 302 g/mol. The minimum atomic E-state index is -0.973. The molecule has 0 radical (unpaired) electrons. The van der Waals surface area contributed by atoms with Gasteiger partial charge in [-0.15, -0.1) is 0 Å². The predicted octanol–water partition coefficient (Wildman–Crippen LogP) is 2.32. The third-order valence-electron chi connectivity index (χ3n) is 4.24. The highest BCUT2D eigenvalue weighted by atomic mass is 32.2. The maximum absolute atomic E-state index is 11.9. The zero-order chi connectivity index (χ0) is 15.1. The number of carbonyl (C=O) groups is 2. The summed E-state index contributed by atoms with van der Waals surface area (Å²) in [6.45, 7) is 4.35. The minimum Gasteiger partial charge on any atom is -0.480 e. The highest BCUT2D eigenvalue weighted by Gasteiger charge is 2.29. The molecular weight excluding hydrogens is 276 g/mol. The topological polar surface area (TPSA) is 78.4 Å². The fourth-order valence-electron chi connectivity index (χ4n) is 2.65. The van der Waals surface area contributed by atoms with Crippen LogP contribution in [0.15, 0.2) is 0 Å². The van der Waals surface area contributed by atoms with Crippen LogP contribution in [0.4, 0.5) is 4.79 Å². The second kappa shape index (κ2) is 8.39. The van der Waals surface area contributed by atoms with Crippen molar-refractivity contribution in [2.75, 3.05) is 12.0 Å². The highest BCUT2D eigenvalue weighted by Crippen LogP contribution is 2.29. The third-order valence-corrected chi connectivity index (χ3v) is 4.88. The molecule has 0 aromatic carbocycles. The van der Waals surface area contributed by atoms with Crippen molar-refractivity contribution in [2.24, 2.45) is 11.8 Å². The molecule has 1 aliphatic carbocycles. The SMILES string of the molecule is CSCC[C@H](NC(=O)NC1CCCC(C)C1C)C(=O)O. The van der Waals surface area contributed by atoms with Gasteiger partial charge >= 0.3 is 12.0 Å². The van der Waals surface area contributed by atoms with E-state index in [1.54, 1.807) is 11.8 Å². The van der Waals surface area contributed by atoms with E-state index in [0.29, 0.717) is 24.0 Å². The Bertz CT molecular complexity index is 338. The van der Waals surface area contributed by atoms with Crippen molar-refractivity contribution in [3.8, 4) is 0 Å². The molecule has 20 heavy (non-hydrogen) atoms. The molecule has 3 unspecified atom stereocenters. The molecule has 0 saturated heterocycles. The Morgan fingerprint density at radius 1 is 1.35 bits per heavy atom. The Balaban J connectivity index is 2.46. The Morgan fingerprint density at radius 2 is 2.05 bits per heavy atom. The Hall–Kier alpha value is -0.910. The molecule has 0 heterocycles. The van der Waals surface area contributed by atoms with E-state index in [9.17, 15) is 9.59 Å². The first-order valence-electron chi connectivity index (χ1n) is 7.24. The Morgan fingerprint density at radius 3 is 2.65 bits per heavy atom. The summed E-state index contributed by atoms with van der Waals surface area (Å²) in [4.78, 5) is 23.0. The van der Waals surface area contributed by atoms with Crippen LogP contribution in [0, 0.1) is 11.8 Å². The van der Waals surface area contributed by atoms with Crippen molar-refractivity contribution >= 4 is 23.8 Å². The minimum absolute atomic E-state index is 0.147. The van der Waals surface area contributed by atoms with E-state index < -0.39 is 12.0 Å². The molecule has 0 spiro atoms. The van der Waals surface area contributed by atoms with Gasteiger partial charge in [-0.3, -0.25) is 0 Å². The number of urea groups is 1. The lowest BCUT2D eigenvalue weighted by Gasteiger charge is -2.34. The van der Waals surface area contributed by atoms with Gasteiger partial charge in [0.15, 0.2) is 0 Å². The first-order valence-corrected chi connectivity index (χ1v) is 8.63. The van der Waals surface area contributed by atoms with Crippen molar-refractivity contribution in [3.63, 3.8) is 0 Å². The zero-order valence-corrected chi connectivity index (χ0v) is 13.3. The molecule has 1 saturated carbocycles. The first-order chi connectivity index (χ1) is 9.45. The average Bonchev–Trinajstić information content (AvgIpc) is 2.39. The molecular formula is C14H26N2O3S. The van der Waals surface area contributed by atoms with Crippen molar-refractivity contribution in [2.45, 2.75) is 51.6 Å². The van der Waals surface area contributed by atoms with E-state index in [-0.39, 0.29) is 12.1 Å². The van der Waals surface area contributed by atoms with Crippen LogP contribution >= 0.6 is 11.8 Å². The number of thioether (sulfide) groups is 1. The van der Waals surface area contributed by atoms with Crippen LogP contribution in [0.25, 0.3) is 0 Å². The van der Waals surface area contributed by atoms with Crippen LogP contribution in [0.3, 0.4) is 0 Å². The lowest BCUT2D eigenvalue weighted by atomic mass is 9.78. The van der Waals surface area contributed by atoms with E-state index in [1.807, 2.05) is 6.26 Å². The number of hydrogen-bond donors (Lipinski definition) is 3. The number of rotatable bonds is 6. The normalized spacial score (nSPS) is 27.6. The number of nitrogens with one attached hydrogen (secondary N) is 2.